The van der Waals surface area contributed by atoms with Crippen molar-refractivity contribution in [1.29, 1.82) is 0 Å². The lowest BCUT2D eigenvalue weighted by molar-refractivity contribution is 0.188. The Morgan fingerprint density at radius 2 is 2.06 bits per heavy atom. The summed E-state index contributed by atoms with van der Waals surface area (Å²) in [6.07, 6.45) is 5.23. The molecule has 0 spiro atoms. The van der Waals surface area contributed by atoms with Gasteiger partial charge in [0, 0.05) is 26.1 Å². The number of methoxy groups -OCH3 is 2. The van der Waals surface area contributed by atoms with Gasteiger partial charge < -0.3 is 14.8 Å². The highest BCUT2D eigenvalue weighted by molar-refractivity contribution is 5.20. The minimum atomic E-state index is 0.152. The molecule has 0 aliphatic rings. The van der Waals surface area contributed by atoms with E-state index in [-0.39, 0.29) is 6.04 Å². The molecule has 1 atom stereocenters. The highest BCUT2D eigenvalue weighted by atomic mass is 16.5. The summed E-state index contributed by atoms with van der Waals surface area (Å²) in [6.45, 7) is 0.751. The minimum Gasteiger partial charge on any atom is -0.480 e. The van der Waals surface area contributed by atoms with Gasteiger partial charge in [-0.2, -0.15) is 0 Å². The molecule has 1 aromatic rings. The zero-order valence-electron chi connectivity index (χ0n) is 10.1. The summed E-state index contributed by atoms with van der Waals surface area (Å²) in [7, 11) is 5.22. The molecule has 0 aromatic carbocycles. The molecule has 5 nitrogen and oxygen atoms in total. The highest BCUT2D eigenvalue weighted by Crippen LogP contribution is 2.23. The van der Waals surface area contributed by atoms with Crippen molar-refractivity contribution < 1.29 is 9.47 Å². The van der Waals surface area contributed by atoms with Gasteiger partial charge in [-0.15, -0.1) is 0 Å². The molecule has 0 amide bonds. The van der Waals surface area contributed by atoms with E-state index in [0.29, 0.717) is 5.88 Å². The predicted molar refractivity (Wildman–Crippen MR) is 61.5 cm³/mol. The van der Waals surface area contributed by atoms with Crippen molar-refractivity contribution in [3.8, 4) is 5.88 Å². The van der Waals surface area contributed by atoms with Crippen molar-refractivity contribution in [1.82, 2.24) is 15.3 Å². The summed E-state index contributed by atoms with van der Waals surface area (Å²) in [6, 6.07) is 0.152. The summed E-state index contributed by atoms with van der Waals surface area (Å²) >= 11 is 0. The number of aromatic nitrogens is 2. The van der Waals surface area contributed by atoms with Crippen molar-refractivity contribution in [2.75, 3.05) is 27.9 Å². The molecule has 1 unspecified atom stereocenters. The van der Waals surface area contributed by atoms with Gasteiger partial charge in [0.05, 0.1) is 13.2 Å². The quantitative estimate of drug-likeness (QED) is 0.706. The molecule has 5 heteroatoms. The number of hydrogen-bond acceptors (Lipinski definition) is 5. The second-order valence-corrected chi connectivity index (χ2v) is 3.43. The molecule has 0 saturated heterocycles. The van der Waals surface area contributed by atoms with E-state index in [1.807, 2.05) is 7.05 Å². The Morgan fingerprint density at radius 3 is 2.69 bits per heavy atom. The topological polar surface area (TPSA) is 56.3 Å². The van der Waals surface area contributed by atoms with Crippen LogP contribution in [0.1, 0.15) is 24.6 Å². The Hall–Kier alpha value is -1.20. The van der Waals surface area contributed by atoms with Crippen LogP contribution < -0.4 is 10.1 Å². The van der Waals surface area contributed by atoms with Gasteiger partial charge in [-0.25, -0.2) is 4.98 Å². The molecule has 0 saturated carbocycles. The van der Waals surface area contributed by atoms with Gasteiger partial charge in [-0.05, 0) is 19.9 Å². The van der Waals surface area contributed by atoms with E-state index in [1.165, 1.54) is 0 Å². The van der Waals surface area contributed by atoms with E-state index in [0.717, 1.165) is 25.1 Å². The normalized spacial score (nSPS) is 12.4. The number of nitrogens with one attached hydrogen (secondary N) is 1. The lowest BCUT2D eigenvalue weighted by Crippen LogP contribution is -2.19. The van der Waals surface area contributed by atoms with E-state index >= 15 is 0 Å². The molecule has 0 aliphatic heterocycles. The molecule has 1 rings (SSSR count). The van der Waals surface area contributed by atoms with Gasteiger partial charge in [0.1, 0.15) is 5.69 Å². The summed E-state index contributed by atoms with van der Waals surface area (Å²) in [5.41, 5.74) is 0.851. The van der Waals surface area contributed by atoms with Gasteiger partial charge >= 0.3 is 0 Å². The maximum atomic E-state index is 5.19. The molecule has 0 aliphatic carbocycles. The van der Waals surface area contributed by atoms with Crippen molar-refractivity contribution in [3.63, 3.8) is 0 Å². The van der Waals surface area contributed by atoms with E-state index in [9.17, 15) is 0 Å². The molecule has 0 radical (unpaired) electrons. The first-order valence-electron chi connectivity index (χ1n) is 5.34. The molecule has 16 heavy (non-hydrogen) atoms. The average Bonchev–Trinajstić information content (AvgIpc) is 2.35. The SMILES string of the molecule is CNC(CCCOC)c1nccnc1OC. The van der Waals surface area contributed by atoms with E-state index in [4.69, 9.17) is 9.47 Å². The Morgan fingerprint density at radius 1 is 1.31 bits per heavy atom. The van der Waals surface area contributed by atoms with E-state index in [1.54, 1.807) is 26.6 Å². The van der Waals surface area contributed by atoms with Crippen LogP contribution in [0, 0.1) is 0 Å². The predicted octanol–water partition coefficient (Wildman–Crippen LogP) is 1.17. The van der Waals surface area contributed by atoms with Gasteiger partial charge in [-0.1, -0.05) is 0 Å². The summed E-state index contributed by atoms with van der Waals surface area (Å²) in [5, 5.41) is 3.21. The molecular formula is C11H19N3O2. The van der Waals surface area contributed by atoms with Crippen LogP contribution in [-0.4, -0.2) is 37.8 Å². The van der Waals surface area contributed by atoms with Crippen LogP contribution in [0.2, 0.25) is 0 Å². The van der Waals surface area contributed by atoms with Crippen LogP contribution >= 0.6 is 0 Å². The lowest BCUT2D eigenvalue weighted by atomic mass is 10.1. The smallest absolute Gasteiger partial charge is 0.236 e. The number of hydrogen-bond donors (Lipinski definition) is 1. The zero-order chi connectivity index (χ0) is 11.8. The van der Waals surface area contributed by atoms with Crippen molar-refractivity contribution in [2.24, 2.45) is 0 Å². The minimum absolute atomic E-state index is 0.152. The van der Waals surface area contributed by atoms with Gasteiger partial charge in [-0.3, -0.25) is 4.98 Å². The van der Waals surface area contributed by atoms with Gasteiger partial charge in [0.25, 0.3) is 0 Å². The largest absolute Gasteiger partial charge is 0.480 e. The number of nitrogens with zero attached hydrogens (tertiary/aromatic N) is 2. The molecule has 1 N–H and O–H groups in total. The maximum absolute atomic E-state index is 5.19. The lowest BCUT2D eigenvalue weighted by Gasteiger charge is -2.16. The second kappa shape index (κ2) is 7.14. The molecule has 1 heterocycles. The molecule has 0 bridgehead atoms. The van der Waals surface area contributed by atoms with Crippen LogP contribution in [0.4, 0.5) is 0 Å². The van der Waals surface area contributed by atoms with Gasteiger partial charge in [0.2, 0.25) is 5.88 Å². The third-order valence-electron chi connectivity index (χ3n) is 2.40. The summed E-state index contributed by atoms with van der Waals surface area (Å²) in [4.78, 5) is 8.45. The Bertz CT molecular complexity index is 307. The monoisotopic (exact) mass is 225 g/mol. The third-order valence-corrected chi connectivity index (χ3v) is 2.40. The van der Waals surface area contributed by atoms with Crippen molar-refractivity contribution in [2.45, 2.75) is 18.9 Å². The second-order valence-electron chi connectivity index (χ2n) is 3.43. The first kappa shape index (κ1) is 12.9. The first-order valence-corrected chi connectivity index (χ1v) is 5.34. The fourth-order valence-corrected chi connectivity index (χ4v) is 1.58. The standard InChI is InChI=1S/C11H19N3O2/c1-12-9(5-4-8-15-2)10-11(16-3)14-7-6-13-10/h6-7,9,12H,4-5,8H2,1-3H3. The van der Waals surface area contributed by atoms with Crippen LogP contribution in [0.25, 0.3) is 0 Å². The van der Waals surface area contributed by atoms with Crippen LogP contribution in [-0.2, 0) is 4.74 Å². The fourth-order valence-electron chi connectivity index (χ4n) is 1.58. The third kappa shape index (κ3) is 3.43. The average molecular weight is 225 g/mol. The summed E-state index contributed by atoms with van der Waals surface area (Å²) < 4.78 is 10.2. The summed E-state index contributed by atoms with van der Waals surface area (Å²) in [5.74, 6) is 0.583. The molecular weight excluding hydrogens is 206 g/mol. The van der Waals surface area contributed by atoms with Crippen molar-refractivity contribution in [3.05, 3.63) is 18.1 Å². The first-order chi connectivity index (χ1) is 7.83. The maximum Gasteiger partial charge on any atom is 0.236 e. The van der Waals surface area contributed by atoms with Crippen LogP contribution in [0.5, 0.6) is 5.88 Å². The Labute approximate surface area is 96.2 Å². The number of ether oxygens (including phenoxy) is 2. The highest BCUT2D eigenvalue weighted by Gasteiger charge is 2.16. The van der Waals surface area contributed by atoms with E-state index in [2.05, 4.69) is 15.3 Å². The molecule has 0 fully saturated rings. The van der Waals surface area contributed by atoms with Crippen molar-refractivity contribution >= 4 is 0 Å². The van der Waals surface area contributed by atoms with E-state index < -0.39 is 0 Å². The number of rotatable bonds is 7. The van der Waals surface area contributed by atoms with Crippen LogP contribution in [0.15, 0.2) is 12.4 Å². The fraction of sp³-hybridized carbons (Fsp3) is 0.636. The Kier molecular flexibility index (Phi) is 5.74. The Balaban J connectivity index is 2.69. The zero-order valence-corrected chi connectivity index (χ0v) is 10.1. The van der Waals surface area contributed by atoms with Crippen LogP contribution in [0.3, 0.4) is 0 Å². The molecule has 90 valence electrons. The molecule has 1 aromatic heterocycles. The van der Waals surface area contributed by atoms with Gasteiger partial charge in [0.15, 0.2) is 0 Å².